The van der Waals surface area contributed by atoms with Crippen molar-refractivity contribution in [3.63, 3.8) is 0 Å². The van der Waals surface area contributed by atoms with Crippen LogP contribution in [0.2, 0.25) is 0 Å². The van der Waals surface area contributed by atoms with Crippen LogP contribution in [-0.2, 0) is 0 Å². The van der Waals surface area contributed by atoms with E-state index < -0.39 is 0 Å². The molecule has 0 radical (unpaired) electrons. The van der Waals surface area contributed by atoms with Crippen LogP contribution in [0.1, 0.15) is 23.2 Å². The Bertz CT molecular complexity index is 561. The largest absolute Gasteiger partial charge is 0.463 e. The molecule has 2 heterocycles. The monoisotopic (exact) mass is 280 g/mol. The van der Waals surface area contributed by atoms with Crippen molar-refractivity contribution < 1.29 is 9.21 Å². The fourth-order valence-corrected chi connectivity index (χ4v) is 2.39. The van der Waals surface area contributed by atoms with Gasteiger partial charge < -0.3 is 15.1 Å². The van der Waals surface area contributed by atoms with Gasteiger partial charge in [0.1, 0.15) is 11.8 Å². The minimum atomic E-state index is -0.0475. The van der Waals surface area contributed by atoms with Gasteiger partial charge >= 0.3 is 0 Å². The summed E-state index contributed by atoms with van der Waals surface area (Å²) in [6.07, 6.45) is 3.68. The highest BCUT2D eigenvalue weighted by Crippen LogP contribution is 2.20. The van der Waals surface area contributed by atoms with E-state index in [9.17, 15) is 4.79 Å². The lowest BCUT2D eigenvalue weighted by molar-refractivity contribution is 0.0931. The minimum Gasteiger partial charge on any atom is -0.463 e. The molecular formula is C14H17ClN2O2. The standard InChI is InChI=1S/C14H16N2O2.ClH/c17-14(16-10-4-3-7-15-8-10)12-9-18-13-6-2-1-5-11(12)13;/h1-2,5-6,9-10,15H,3-4,7-8H2,(H,16,17);1H/t10-;/m1./s1. The summed E-state index contributed by atoms with van der Waals surface area (Å²) in [6, 6.07) is 7.82. The zero-order valence-electron chi connectivity index (χ0n) is 10.5. The van der Waals surface area contributed by atoms with Gasteiger partial charge in [-0.15, -0.1) is 12.4 Å². The highest BCUT2D eigenvalue weighted by Gasteiger charge is 2.19. The van der Waals surface area contributed by atoms with Gasteiger partial charge in [0.15, 0.2) is 0 Å². The number of para-hydroxylation sites is 1. The maximum atomic E-state index is 12.2. The molecule has 5 heteroatoms. The van der Waals surface area contributed by atoms with Gasteiger partial charge in [-0.25, -0.2) is 0 Å². The first-order valence-electron chi connectivity index (χ1n) is 6.32. The van der Waals surface area contributed by atoms with Crippen molar-refractivity contribution >= 4 is 29.3 Å². The van der Waals surface area contributed by atoms with Crippen LogP contribution in [0.15, 0.2) is 34.9 Å². The number of nitrogens with one attached hydrogen (secondary N) is 2. The summed E-state index contributed by atoms with van der Waals surface area (Å²) in [7, 11) is 0. The molecule has 0 spiro atoms. The lowest BCUT2D eigenvalue weighted by Gasteiger charge is -2.23. The molecule has 2 N–H and O–H groups in total. The number of furan rings is 1. The van der Waals surface area contributed by atoms with Crippen molar-refractivity contribution in [1.82, 2.24) is 10.6 Å². The van der Waals surface area contributed by atoms with Crippen LogP contribution in [0.3, 0.4) is 0 Å². The molecule has 1 amide bonds. The smallest absolute Gasteiger partial charge is 0.255 e. The number of hydrogen-bond donors (Lipinski definition) is 2. The van der Waals surface area contributed by atoms with Crippen molar-refractivity contribution in [1.29, 1.82) is 0 Å². The molecule has 1 saturated heterocycles. The lowest BCUT2D eigenvalue weighted by Crippen LogP contribution is -2.45. The zero-order valence-corrected chi connectivity index (χ0v) is 11.3. The molecule has 0 aliphatic carbocycles. The van der Waals surface area contributed by atoms with Crippen molar-refractivity contribution in [3.05, 3.63) is 36.1 Å². The Balaban J connectivity index is 0.00000133. The van der Waals surface area contributed by atoms with E-state index in [1.165, 1.54) is 6.26 Å². The first-order chi connectivity index (χ1) is 8.84. The topological polar surface area (TPSA) is 54.3 Å². The molecule has 0 bridgehead atoms. The molecule has 0 unspecified atom stereocenters. The van der Waals surface area contributed by atoms with E-state index in [0.29, 0.717) is 5.56 Å². The summed E-state index contributed by atoms with van der Waals surface area (Å²) in [6.45, 7) is 1.89. The molecule has 1 aliphatic heterocycles. The highest BCUT2D eigenvalue weighted by atomic mass is 35.5. The lowest BCUT2D eigenvalue weighted by atomic mass is 10.1. The number of amides is 1. The molecule has 1 aromatic carbocycles. The fraction of sp³-hybridized carbons (Fsp3) is 0.357. The Morgan fingerprint density at radius 2 is 2.21 bits per heavy atom. The van der Waals surface area contributed by atoms with Gasteiger partial charge in [-0.05, 0) is 25.5 Å². The van der Waals surface area contributed by atoms with E-state index in [1.807, 2.05) is 24.3 Å². The maximum Gasteiger partial charge on any atom is 0.255 e. The number of piperidine rings is 1. The van der Waals surface area contributed by atoms with E-state index in [2.05, 4.69) is 10.6 Å². The van der Waals surface area contributed by atoms with Crippen LogP contribution >= 0.6 is 12.4 Å². The zero-order chi connectivity index (χ0) is 12.4. The van der Waals surface area contributed by atoms with E-state index in [4.69, 9.17) is 4.42 Å². The number of halogens is 1. The normalized spacial score (nSPS) is 18.8. The van der Waals surface area contributed by atoms with Crippen LogP contribution in [0, 0.1) is 0 Å². The molecule has 1 fully saturated rings. The van der Waals surface area contributed by atoms with Gasteiger partial charge in [-0.3, -0.25) is 4.79 Å². The van der Waals surface area contributed by atoms with Gasteiger partial charge in [0.25, 0.3) is 5.91 Å². The van der Waals surface area contributed by atoms with Crippen LogP contribution in [-0.4, -0.2) is 25.0 Å². The Labute approximate surface area is 118 Å². The predicted molar refractivity (Wildman–Crippen MR) is 76.8 cm³/mol. The SMILES string of the molecule is Cl.O=C(N[C@@H]1CCCNC1)c1coc2ccccc12. The first kappa shape index (κ1) is 13.9. The Morgan fingerprint density at radius 1 is 1.37 bits per heavy atom. The highest BCUT2D eigenvalue weighted by molar-refractivity contribution is 6.05. The average molecular weight is 281 g/mol. The second-order valence-corrected chi connectivity index (χ2v) is 4.66. The number of carbonyl (C=O) groups is 1. The van der Waals surface area contributed by atoms with Crippen molar-refractivity contribution in [3.8, 4) is 0 Å². The summed E-state index contributed by atoms with van der Waals surface area (Å²) in [5, 5.41) is 7.21. The fourth-order valence-electron chi connectivity index (χ4n) is 2.39. The van der Waals surface area contributed by atoms with Crippen molar-refractivity contribution in [2.24, 2.45) is 0 Å². The van der Waals surface area contributed by atoms with Crippen LogP contribution in [0.5, 0.6) is 0 Å². The maximum absolute atomic E-state index is 12.2. The summed E-state index contributed by atoms with van der Waals surface area (Å²) in [5.41, 5.74) is 1.38. The second-order valence-electron chi connectivity index (χ2n) is 4.66. The van der Waals surface area contributed by atoms with Gasteiger partial charge in [-0.1, -0.05) is 18.2 Å². The third kappa shape index (κ3) is 2.91. The molecule has 1 aromatic heterocycles. The molecule has 3 rings (SSSR count). The number of carbonyl (C=O) groups excluding carboxylic acids is 1. The number of rotatable bonds is 2. The van der Waals surface area contributed by atoms with E-state index >= 15 is 0 Å². The average Bonchev–Trinajstić information content (AvgIpc) is 2.84. The van der Waals surface area contributed by atoms with E-state index in [0.717, 1.165) is 36.9 Å². The van der Waals surface area contributed by atoms with E-state index in [-0.39, 0.29) is 24.4 Å². The van der Waals surface area contributed by atoms with E-state index in [1.54, 1.807) is 0 Å². The third-order valence-corrected chi connectivity index (χ3v) is 3.36. The van der Waals surface area contributed by atoms with Gasteiger partial charge in [0.2, 0.25) is 0 Å². The van der Waals surface area contributed by atoms with Crippen LogP contribution < -0.4 is 10.6 Å². The number of fused-ring (bicyclic) bond motifs is 1. The molecular weight excluding hydrogens is 264 g/mol. The van der Waals surface area contributed by atoms with Crippen molar-refractivity contribution in [2.45, 2.75) is 18.9 Å². The Morgan fingerprint density at radius 3 is 3.00 bits per heavy atom. The van der Waals surface area contributed by atoms with Crippen molar-refractivity contribution in [2.75, 3.05) is 13.1 Å². The Hall–Kier alpha value is -1.52. The summed E-state index contributed by atoms with van der Waals surface area (Å²) < 4.78 is 5.38. The predicted octanol–water partition coefficient (Wildman–Crippen LogP) is 2.34. The molecule has 0 saturated carbocycles. The summed E-state index contributed by atoms with van der Waals surface area (Å²) in [5.74, 6) is -0.0475. The molecule has 1 aliphatic rings. The Kier molecular flexibility index (Phi) is 4.45. The second kappa shape index (κ2) is 6.08. The molecule has 1 atom stereocenters. The quantitative estimate of drug-likeness (QED) is 0.888. The number of hydrogen-bond acceptors (Lipinski definition) is 3. The molecule has 102 valence electrons. The van der Waals surface area contributed by atoms with Crippen LogP contribution in [0.25, 0.3) is 11.0 Å². The van der Waals surface area contributed by atoms with Gasteiger partial charge in [0.05, 0.1) is 5.56 Å². The third-order valence-electron chi connectivity index (χ3n) is 3.36. The van der Waals surface area contributed by atoms with Crippen LogP contribution in [0.4, 0.5) is 0 Å². The van der Waals surface area contributed by atoms with Gasteiger partial charge in [-0.2, -0.15) is 0 Å². The summed E-state index contributed by atoms with van der Waals surface area (Å²) >= 11 is 0. The molecule has 19 heavy (non-hydrogen) atoms. The molecule has 4 nitrogen and oxygen atoms in total. The summed E-state index contributed by atoms with van der Waals surface area (Å²) in [4.78, 5) is 12.2. The molecule has 2 aromatic rings. The van der Waals surface area contributed by atoms with Gasteiger partial charge in [0, 0.05) is 18.0 Å². The number of benzene rings is 1. The first-order valence-corrected chi connectivity index (χ1v) is 6.32. The minimum absolute atomic E-state index is 0.